The summed E-state index contributed by atoms with van der Waals surface area (Å²) in [7, 11) is 0. The van der Waals surface area contributed by atoms with Gasteiger partial charge in [0.25, 0.3) is 0 Å². The number of rotatable bonds is 7. The molecule has 9 heteroatoms. The number of benzene rings is 2. The summed E-state index contributed by atoms with van der Waals surface area (Å²) in [6, 6.07) is 10.6. The van der Waals surface area contributed by atoms with Crippen molar-refractivity contribution in [3.63, 3.8) is 0 Å². The Morgan fingerprint density at radius 1 is 0.905 bits per heavy atom. The van der Waals surface area contributed by atoms with Crippen LogP contribution in [0.1, 0.15) is 76.8 Å². The lowest BCUT2D eigenvalue weighted by molar-refractivity contribution is -0.137. The van der Waals surface area contributed by atoms with Gasteiger partial charge < -0.3 is 14.7 Å². The molecule has 2 aromatic carbocycles. The van der Waals surface area contributed by atoms with E-state index in [1.54, 1.807) is 18.2 Å². The first kappa shape index (κ1) is 30.7. The number of halogens is 3. The Balaban J connectivity index is 1.74. The van der Waals surface area contributed by atoms with E-state index < -0.39 is 11.9 Å². The Hall–Kier alpha value is -2.80. The molecule has 222 valence electrons. The van der Waals surface area contributed by atoms with Gasteiger partial charge in [0.2, 0.25) is 0 Å². The van der Waals surface area contributed by atoms with Crippen molar-refractivity contribution in [2.24, 2.45) is 10.8 Å². The van der Waals surface area contributed by atoms with Gasteiger partial charge in [0.1, 0.15) is 12.4 Å². The molecule has 0 atom stereocenters. The molecule has 0 unspecified atom stereocenters. The molecule has 2 aliphatic carbocycles. The number of carbonyl (C=O) groups is 3. The van der Waals surface area contributed by atoms with Crippen LogP contribution in [0.2, 0.25) is 15.1 Å². The molecule has 1 N–H and O–H groups in total. The molecule has 0 saturated heterocycles. The molecule has 0 fully saturated rings. The highest BCUT2D eigenvalue weighted by atomic mass is 35.5. The Morgan fingerprint density at radius 3 is 2.02 bits per heavy atom. The number of carboxylic acid groups (broad SMARTS) is 1. The van der Waals surface area contributed by atoms with Crippen molar-refractivity contribution in [2.45, 2.75) is 72.3 Å². The minimum absolute atomic E-state index is 0.0797. The van der Waals surface area contributed by atoms with Crippen LogP contribution in [0.4, 0.5) is 0 Å². The van der Waals surface area contributed by atoms with Crippen LogP contribution in [-0.4, -0.2) is 34.1 Å². The summed E-state index contributed by atoms with van der Waals surface area (Å²) in [5.74, 6) is -1.52. The predicted octanol–water partition coefficient (Wildman–Crippen LogP) is 8.39. The largest absolute Gasteiger partial charge is 0.487 e. The zero-order chi connectivity index (χ0) is 30.6. The van der Waals surface area contributed by atoms with Crippen LogP contribution in [0.15, 0.2) is 58.9 Å². The van der Waals surface area contributed by atoms with Crippen LogP contribution in [0.5, 0.6) is 5.75 Å². The standard InChI is InChI=1S/C33H34Cl3NO5/c1-32(2)13-23-29(25(38)15-32)28(30-24(37(23)10-9-27(40)41)14-33(3,4)16-26(30)39)20-11-19(34)12-22(36)31(20)42-17-18-7-5-6-8-21(18)35/h5-8,11-12,28H,9-10,13-17H2,1-4H3,(H,40,41). The lowest BCUT2D eigenvalue weighted by atomic mass is 9.63. The molecule has 3 aliphatic rings. The second-order valence-electron chi connectivity index (χ2n) is 13.0. The number of carboxylic acids is 1. The van der Waals surface area contributed by atoms with E-state index in [0.29, 0.717) is 58.2 Å². The van der Waals surface area contributed by atoms with Crippen molar-refractivity contribution in [1.29, 1.82) is 0 Å². The molecule has 0 spiro atoms. The molecular formula is C33H34Cl3NO5. The van der Waals surface area contributed by atoms with Gasteiger partial charge in [0.15, 0.2) is 11.6 Å². The van der Waals surface area contributed by atoms with Crippen LogP contribution < -0.4 is 4.74 Å². The summed E-state index contributed by atoms with van der Waals surface area (Å²) in [6.07, 6.45) is 1.57. The molecule has 0 bridgehead atoms. The number of ketones is 2. The summed E-state index contributed by atoms with van der Waals surface area (Å²) >= 11 is 19.7. The van der Waals surface area contributed by atoms with Crippen molar-refractivity contribution in [1.82, 2.24) is 4.90 Å². The quantitative estimate of drug-likeness (QED) is 0.331. The van der Waals surface area contributed by atoms with Gasteiger partial charge in [-0.2, -0.15) is 0 Å². The Morgan fingerprint density at radius 2 is 1.48 bits per heavy atom. The number of Topliss-reactive ketones (excluding diaryl/α,β-unsaturated/α-hetero) is 2. The lowest BCUT2D eigenvalue weighted by Gasteiger charge is -2.49. The highest BCUT2D eigenvalue weighted by Gasteiger charge is 2.49. The number of hydrogen-bond donors (Lipinski definition) is 1. The minimum Gasteiger partial charge on any atom is -0.487 e. The van der Waals surface area contributed by atoms with Gasteiger partial charge >= 0.3 is 5.97 Å². The Bertz CT molecular complexity index is 1500. The maximum absolute atomic E-state index is 14.1. The summed E-state index contributed by atoms with van der Waals surface area (Å²) < 4.78 is 6.33. The molecule has 5 rings (SSSR count). The van der Waals surface area contributed by atoms with Gasteiger partial charge in [-0.1, -0.05) is 80.7 Å². The van der Waals surface area contributed by atoms with Gasteiger partial charge in [-0.05, 0) is 41.9 Å². The minimum atomic E-state index is -0.943. The maximum atomic E-state index is 14.1. The first-order valence-corrected chi connectivity index (χ1v) is 15.2. The molecule has 2 aromatic rings. The van der Waals surface area contributed by atoms with Gasteiger partial charge in [0.05, 0.1) is 11.4 Å². The van der Waals surface area contributed by atoms with E-state index in [-0.39, 0.29) is 47.0 Å². The Kier molecular flexibility index (Phi) is 8.29. The van der Waals surface area contributed by atoms with Crippen molar-refractivity contribution >= 4 is 52.3 Å². The molecule has 0 amide bonds. The summed E-state index contributed by atoms with van der Waals surface area (Å²) in [5, 5.41) is 10.7. The fourth-order valence-corrected chi connectivity index (χ4v) is 7.30. The van der Waals surface area contributed by atoms with E-state index >= 15 is 0 Å². The number of carbonyl (C=O) groups excluding carboxylic acids is 2. The average Bonchev–Trinajstić information content (AvgIpc) is 2.85. The van der Waals surface area contributed by atoms with Gasteiger partial charge in [-0.25, -0.2) is 0 Å². The molecule has 0 aromatic heterocycles. The number of aliphatic carboxylic acids is 1. The normalized spacial score (nSPS) is 20.0. The molecule has 0 radical (unpaired) electrons. The smallest absolute Gasteiger partial charge is 0.305 e. The average molecular weight is 631 g/mol. The van der Waals surface area contributed by atoms with Gasteiger partial charge in [-0.15, -0.1) is 0 Å². The van der Waals surface area contributed by atoms with Crippen molar-refractivity contribution in [2.75, 3.05) is 6.54 Å². The first-order valence-electron chi connectivity index (χ1n) is 14.0. The zero-order valence-corrected chi connectivity index (χ0v) is 26.4. The van der Waals surface area contributed by atoms with Crippen LogP contribution >= 0.6 is 34.8 Å². The van der Waals surface area contributed by atoms with Crippen molar-refractivity contribution < 1.29 is 24.2 Å². The van der Waals surface area contributed by atoms with E-state index in [0.717, 1.165) is 17.0 Å². The van der Waals surface area contributed by atoms with Crippen molar-refractivity contribution in [3.8, 4) is 5.75 Å². The second kappa shape index (κ2) is 11.4. The summed E-state index contributed by atoms with van der Waals surface area (Å²) in [6.45, 7) is 8.42. The fraction of sp³-hybridized carbons (Fsp3) is 0.424. The topological polar surface area (TPSA) is 83.9 Å². The van der Waals surface area contributed by atoms with Crippen LogP contribution in [-0.2, 0) is 21.0 Å². The molecule has 42 heavy (non-hydrogen) atoms. The lowest BCUT2D eigenvalue weighted by Crippen LogP contribution is -2.45. The van der Waals surface area contributed by atoms with E-state index in [1.165, 1.54) is 0 Å². The maximum Gasteiger partial charge on any atom is 0.305 e. The highest BCUT2D eigenvalue weighted by molar-refractivity contribution is 6.36. The van der Waals surface area contributed by atoms with Crippen LogP contribution in [0.25, 0.3) is 0 Å². The third-order valence-corrected chi connectivity index (χ3v) is 9.12. The number of allylic oxidation sites excluding steroid dienone is 4. The molecule has 6 nitrogen and oxygen atoms in total. The molecule has 0 saturated carbocycles. The van der Waals surface area contributed by atoms with Gasteiger partial charge in [-0.3, -0.25) is 14.4 Å². The highest BCUT2D eigenvalue weighted by Crippen LogP contribution is 2.56. The SMILES string of the molecule is CC1(C)CC(=O)C2=C(C1)N(CCC(=O)O)C1=C(C(=O)CC(C)(C)C1)C2c1cc(Cl)cc(Cl)c1OCc1ccccc1Cl. The van der Waals surface area contributed by atoms with E-state index in [4.69, 9.17) is 39.5 Å². The molecular weight excluding hydrogens is 597 g/mol. The van der Waals surface area contributed by atoms with Crippen molar-refractivity contribution in [3.05, 3.63) is 85.1 Å². The number of ether oxygens (including phenoxy) is 1. The first-order chi connectivity index (χ1) is 19.7. The van der Waals surface area contributed by atoms with E-state index in [9.17, 15) is 19.5 Å². The second-order valence-corrected chi connectivity index (χ2v) is 14.3. The van der Waals surface area contributed by atoms with Crippen LogP contribution in [0.3, 0.4) is 0 Å². The van der Waals surface area contributed by atoms with Gasteiger partial charge in [0, 0.05) is 69.0 Å². The van der Waals surface area contributed by atoms with Crippen LogP contribution in [0, 0.1) is 10.8 Å². The molecule has 1 aliphatic heterocycles. The predicted molar refractivity (Wildman–Crippen MR) is 164 cm³/mol. The monoisotopic (exact) mass is 629 g/mol. The number of nitrogens with zero attached hydrogens (tertiary/aromatic N) is 1. The molecule has 1 heterocycles. The number of hydrogen-bond acceptors (Lipinski definition) is 5. The third kappa shape index (κ3) is 5.99. The van der Waals surface area contributed by atoms with E-state index in [1.807, 2.05) is 50.8 Å². The Labute approximate surface area is 261 Å². The van der Waals surface area contributed by atoms with E-state index in [2.05, 4.69) is 0 Å². The third-order valence-electron chi connectivity index (χ3n) is 8.25. The summed E-state index contributed by atoms with van der Waals surface area (Å²) in [4.78, 5) is 41.8. The zero-order valence-electron chi connectivity index (χ0n) is 24.2. The summed E-state index contributed by atoms with van der Waals surface area (Å²) in [5.41, 5.74) is 3.12. The fourth-order valence-electron chi connectivity index (χ4n) is 6.55.